The Morgan fingerprint density at radius 1 is 1.44 bits per heavy atom. The zero-order chi connectivity index (χ0) is 13.7. The molecule has 0 saturated carbocycles. The number of carbonyl (C=O) groups excluding carboxylic acids is 1. The van der Waals surface area contributed by atoms with Crippen molar-refractivity contribution in [3.63, 3.8) is 0 Å². The molecule has 0 bridgehead atoms. The molecule has 1 heterocycles. The van der Waals surface area contributed by atoms with E-state index in [1.807, 2.05) is 6.92 Å². The lowest BCUT2D eigenvalue weighted by atomic mass is 10.0. The van der Waals surface area contributed by atoms with Crippen LogP contribution in [0.1, 0.15) is 42.6 Å². The van der Waals surface area contributed by atoms with E-state index < -0.39 is 17.9 Å². The monoisotopic (exact) mass is 271 g/mol. The van der Waals surface area contributed by atoms with Crippen molar-refractivity contribution >= 4 is 23.4 Å². The molecule has 1 amide bonds. The third kappa shape index (κ3) is 3.49. The zero-order valence-electron chi connectivity index (χ0n) is 10.6. The number of carboxylic acid groups (broad SMARTS) is 1. The van der Waals surface area contributed by atoms with Gasteiger partial charge in [0.05, 0.1) is 11.6 Å². The van der Waals surface area contributed by atoms with Crippen molar-refractivity contribution in [2.45, 2.75) is 39.7 Å². The van der Waals surface area contributed by atoms with E-state index >= 15 is 0 Å². The Morgan fingerprint density at radius 3 is 2.67 bits per heavy atom. The molecule has 2 atom stereocenters. The fraction of sp³-hybridized carbons (Fsp3) is 0.636. The van der Waals surface area contributed by atoms with Gasteiger partial charge in [-0.1, -0.05) is 17.8 Å². The quantitative estimate of drug-likeness (QED) is 0.814. The van der Waals surface area contributed by atoms with Crippen molar-refractivity contribution in [3.8, 4) is 0 Å². The number of hydrogen-bond acceptors (Lipinski definition) is 5. The van der Waals surface area contributed by atoms with Gasteiger partial charge >= 0.3 is 5.97 Å². The van der Waals surface area contributed by atoms with Gasteiger partial charge in [-0.25, -0.2) is 0 Å². The fourth-order valence-corrected chi connectivity index (χ4v) is 2.00. The van der Waals surface area contributed by atoms with Gasteiger partial charge in [0.1, 0.15) is 4.88 Å². The second-order valence-electron chi connectivity index (χ2n) is 4.19. The topological polar surface area (TPSA) is 92.2 Å². The number of amides is 1. The molecule has 1 rings (SSSR count). The smallest absolute Gasteiger partial charge is 0.308 e. The van der Waals surface area contributed by atoms with Crippen molar-refractivity contribution in [2.24, 2.45) is 5.92 Å². The van der Waals surface area contributed by atoms with Crippen molar-refractivity contribution < 1.29 is 14.7 Å². The Balaban J connectivity index is 2.70. The SMILES string of the molecule is CCCc1nnsc1C(=O)NC(C)C(C)C(=O)O. The van der Waals surface area contributed by atoms with Crippen LogP contribution in [-0.2, 0) is 11.2 Å². The van der Waals surface area contributed by atoms with E-state index in [2.05, 4.69) is 14.9 Å². The standard InChI is InChI=1S/C11H17N3O3S/c1-4-5-8-9(18-14-13-8)10(15)12-7(3)6(2)11(16)17/h6-7H,4-5H2,1-3H3,(H,12,15)(H,16,17). The molecule has 2 unspecified atom stereocenters. The third-order valence-electron chi connectivity index (χ3n) is 2.75. The molecule has 0 fully saturated rings. The van der Waals surface area contributed by atoms with E-state index in [0.29, 0.717) is 17.0 Å². The average Bonchev–Trinajstić information content (AvgIpc) is 2.76. The molecular weight excluding hydrogens is 254 g/mol. The van der Waals surface area contributed by atoms with E-state index in [1.165, 1.54) is 0 Å². The van der Waals surface area contributed by atoms with E-state index in [4.69, 9.17) is 5.11 Å². The second-order valence-corrected chi connectivity index (χ2v) is 4.94. The van der Waals surface area contributed by atoms with Crippen LogP contribution in [-0.4, -0.2) is 32.6 Å². The van der Waals surface area contributed by atoms with Gasteiger partial charge in [-0.05, 0) is 31.8 Å². The summed E-state index contributed by atoms with van der Waals surface area (Å²) >= 11 is 1.04. The van der Waals surface area contributed by atoms with E-state index in [0.717, 1.165) is 18.0 Å². The Labute approximate surface area is 110 Å². The molecule has 100 valence electrons. The first kappa shape index (κ1) is 14.6. The molecule has 18 heavy (non-hydrogen) atoms. The summed E-state index contributed by atoms with van der Waals surface area (Å²) in [6.07, 6.45) is 1.58. The summed E-state index contributed by atoms with van der Waals surface area (Å²) in [6.45, 7) is 5.23. The number of nitrogens with zero attached hydrogens (tertiary/aromatic N) is 2. The van der Waals surface area contributed by atoms with E-state index in [9.17, 15) is 9.59 Å². The second kappa shape index (κ2) is 6.44. The highest BCUT2D eigenvalue weighted by molar-refractivity contribution is 7.08. The van der Waals surface area contributed by atoms with Crippen molar-refractivity contribution in [2.75, 3.05) is 0 Å². The summed E-state index contributed by atoms with van der Waals surface area (Å²) in [5.74, 6) is -1.86. The number of aryl methyl sites for hydroxylation is 1. The summed E-state index contributed by atoms with van der Waals surface area (Å²) in [4.78, 5) is 23.2. The lowest BCUT2D eigenvalue weighted by Crippen LogP contribution is -2.40. The molecule has 0 saturated heterocycles. The summed E-state index contributed by atoms with van der Waals surface area (Å²) < 4.78 is 3.76. The molecular formula is C11H17N3O3S. The Hall–Kier alpha value is -1.50. The van der Waals surface area contributed by atoms with Gasteiger partial charge in [0.15, 0.2) is 0 Å². The predicted molar refractivity (Wildman–Crippen MR) is 67.6 cm³/mol. The summed E-state index contributed by atoms with van der Waals surface area (Å²) in [7, 11) is 0. The lowest BCUT2D eigenvalue weighted by molar-refractivity contribution is -0.141. The molecule has 0 aliphatic carbocycles. The van der Waals surface area contributed by atoms with Gasteiger partial charge in [-0.15, -0.1) is 5.10 Å². The van der Waals surface area contributed by atoms with Crippen molar-refractivity contribution in [3.05, 3.63) is 10.6 Å². The third-order valence-corrected chi connectivity index (χ3v) is 3.51. The van der Waals surface area contributed by atoms with Crippen molar-refractivity contribution in [1.29, 1.82) is 0 Å². The molecule has 0 radical (unpaired) electrons. The van der Waals surface area contributed by atoms with Crippen LogP contribution < -0.4 is 5.32 Å². The molecule has 0 spiro atoms. The first-order chi connectivity index (χ1) is 8.47. The van der Waals surface area contributed by atoms with Crippen LogP contribution in [0.2, 0.25) is 0 Å². The molecule has 2 N–H and O–H groups in total. The van der Waals surface area contributed by atoms with Gasteiger partial charge in [-0.2, -0.15) is 0 Å². The zero-order valence-corrected chi connectivity index (χ0v) is 11.5. The highest BCUT2D eigenvalue weighted by atomic mass is 32.1. The van der Waals surface area contributed by atoms with Crippen LogP contribution in [0.5, 0.6) is 0 Å². The number of hydrogen-bond donors (Lipinski definition) is 2. The van der Waals surface area contributed by atoms with Gasteiger partial charge in [0.2, 0.25) is 0 Å². The number of aromatic nitrogens is 2. The normalized spacial score (nSPS) is 13.9. The molecule has 1 aromatic rings. The van der Waals surface area contributed by atoms with Crippen LogP contribution in [0.25, 0.3) is 0 Å². The van der Waals surface area contributed by atoms with Crippen LogP contribution in [0.4, 0.5) is 0 Å². The maximum absolute atomic E-state index is 12.0. The minimum atomic E-state index is -0.931. The maximum Gasteiger partial charge on any atom is 0.308 e. The number of rotatable bonds is 6. The minimum absolute atomic E-state index is 0.297. The van der Waals surface area contributed by atoms with Gasteiger partial charge in [0.25, 0.3) is 5.91 Å². The molecule has 0 aliphatic heterocycles. The van der Waals surface area contributed by atoms with Crippen molar-refractivity contribution in [1.82, 2.24) is 14.9 Å². The van der Waals surface area contributed by atoms with Gasteiger partial charge in [0, 0.05) is 6.04 Å². The Kier molecular flexibility index (Phi) is 5.21. The van der Waals surface area contributed by atoms with E-state index in [-0.39, 0.29) is 5.91 Å². The minimum Gasteiger partial charge on any atom is -0.481 e. The first-order valence-corrected chi connectivity index (χ1v) is 6.59. The molecule has 6 nitrogen and oxygen atoms in total. The first-order valence-electron chi connectivity index (χ1n) is 5.82. The van der Waals surface area contributed by atoms with Crippen LogP contribution in [0, 0.1) is 5.92 Å². The lowest BCUT2D eigenvalue weighted by Gasteiger charge is -2.17. The summed E-state index contributed by atoms with van der Waals surface area (Å²) in [5, 5.41) is 15.4. The number of nitrogens with one attached hydrogen (secondary N) is 1. The number of carbonyl (C=O) groups is 2. The Morgan fingerprint density at radius 2 is 2.11 bits per heavy atom. The predicted octanol–water partition coefficient (Wildman–Crippen LogP) is 1.33. The maximum atomic E-state index is 12.0. The average molecular weight is 271 g/mol. The fourth-order valence-electron chi connectivity index (χ4n) is 1.39. The highest BCUT2D eigenvalue weighted by Crippen LogP contribution is 2.13. The number of carboxylic acids is 1. The molecule has 7 heteroatoms. The van der Waals surface area contributed by atoms with Gasteiger partial charge < -0.3 is 10.4 Å². The van der Waals surface area contributed by atoms with E-state index in [1.54, 1.807) is 13.8 Å². The Bertz CT molecular complexity index is 433. The summed E-state index contributed by atoms with van der Waals surface area (Å²) in [6, 6.07) is -0.438. The highest BCUT2D eigenvalue weighted by Gasteiger charge is 2.23. The molecule has 0 aromatic carbocycles. The largest absolute Gasteiger partial charge is 0.481 e. The van der Waals surface area contributed by atoms with Crippen LogP contribution in [0.3, 0.4) is 0 Å². The van der Waals surface area contributed by atoms with Crippen LogP contribution in [0.15, 0.2) is 0 Å². The number of aliphatic carboxylic acids is 1. The summed E-state index contributed by atoms with van der Waals surface area (Å²) in [5.41, 5.74) is 0.676. The van der Waals surface area contributed by atoms with Gasteiger partial charge in [-0.3, -0.25) is 9.59 Å². The molecule has 0 aliphatic rings. The van der Waals surface area contributed by atoms with Crippen LogP contribution >= 0.6 is 11.5 Å². The molecule has 1 aromatic heterocycles.